The van der Waals surface area contributed by atoms with E-state index in [1.54, 1.807) is 18.2 Å². The highest BCUT2D eigenvalue weighted by molar-refractivity contribution is 5.90. The Hall–Kier alpha value is -3.09. The summed E-state index contributed by atoms with van der Waals surface area (Å²) in [5.41, 5.74) is 0.947. The molecule has 7 nitrogen and oxygen atoms in total. The molecule has 2 N–H and O–H groups in total. The number of rotatable bonds is 3. The van der Waals surface area contributed by atoms with E-state index in [9.17, 15) is 4.79 Å². The summed E-state index contributed by atoms with van der Waals surface area (Å²) in [5, 5.41) is 5.77. The molecule has 2 heterocycles. The van der Waals surface area contributed by atoms with Gasteiger partial charge in [-0.05, 0) is 43.7 Å². The maximum Gasteiger partial charge on any atom is 0.319 e. The molecule has 0 saturated heterocycles. The highest BCUT2D eigenvalue weighted by atomic mass is 16.7. The van der Waals surface area contributed by atoms with Crippen LogP contribution in [0.2, 0.25) is 0 Å². The zero-order chi connectivity index (χ0) is 17.4. The number of fused-ring (bicyclic) bond motifs is 2. The van der Waals surface area contributed by atoms with Crippen LogP contribution in [-0.2, 0) is 5.54 Å². The third-order valence-corrected chi connectivity index (χ3v) is 4.15. The fourth-order valence-electron chi connectivity index (χ4n) is 2.78. The Morgan fingerprint density at radius 1 is 0.880 bits per heavy atom. The summed E-state index contributed by atoms with van der Waals surface area (Å²) in [4.78, 5) is 12.4. The summed E-state index contributed by atoms with van der Waals surface area (Å²) >= 11 is 0. The number of benzene rings is 2. The molecule has 0 saturated carbocycles. The molecule has 0 radical (unpaired) electrons. The SMILES string of the molecule is CC(C)(NC(=O)Nc1ccc2c(c1)OCO2)c1ccc2c(c1)OCO2. The molecule has 2 amide bonds. The van der Waals surface area contributed by atoms with Gasteiger partial charge in [-0.25, -0.2) is 4.79 Å². The summed E-state index contributed by atoms with van der Waals surface area (Å²) < 4.78 is 21.3. The zero-order valence-electron chi connectivity index (χ0n) is 13.9. The van der Waals surface area contributed by atoms with Crippen LogP contribution in [0.1, 0.15) is 19.4 Å². The first-order chi connectivity index (χ1) is 12.0. The lowest BCUT2D eigenvalue weighted by molar-refractivity contribution is 0.173. The van der Waals surface area contributed by atoms with Gasteiger partial charge >= 0.3 is 6.03 Å². The molecule has 2 aromatic rings. The van der Waals surface area contributed by atoms with Gasteiger partial charge < -0.3 is 29.6 Å². The van der Waals surface area contributed by atoms with Crippen molar-refractivity contribution in [3.05, 3.63) is 42.0 Å². The average molecular weight is 342 g/mol. The second kappa shape index (κ2) is 5.77. The molecular formula is C18H18N2O5. The van der Waals surface area contributed by atoms with Crippen LogP contribution in [0, 0.1) is 0 Å². The lowest BCUT2D eigenvalue weighted by Gasteiger charge is -2.27. The predicted octanol–water partition coefficient (Wildman–Crippen LogP) is 3.20. The number of anilines is 1. The van der Waals surface area contributed by atoms with Crippen molar-refractivity contribution in [1.82, 2.24) is 5.32 Å². The molecule has 7 heteroatoms. The molecule has 0 aromatic heterocycles. The number of carbonyl (C=O) groups excluding carboxylic acids is 1. The van der Waals surface area contributed by atoms with Crippen LogP contribution in [0.5, 0.6) is 23.0 Å². The van der Waals surface area contributed by atoms with Gasteiger partial charge in [0.2, 0.25) is 13.6 Å². The predicted molar refractivity (Wildman–Crippen MR) is 90.3 cm³/mol. The Morgan fingerprint density at radius 3 is 2.20 bits per heavy atom. The molecule has 0 bridgehead atoms. The normalized spacial score (nSPS) is 14.3. The third kappa shape index (κ3) is 3.00. The fraction of sp³-hybridized carbons (Fsp3) is 0.278. The van der Waals surface area contributed by atoms with Crippen molar-refractivity contribution in [3.8, 4) is 23.0 Å². The molecule has 2 aliphatic rings. The topological polar surface area (TPSA) is 78.1 Å². The molecule has 0 atom stereocenters. The van der Waals surface area contributed by atoms with Crippen molar-refractivity contribution in [2.45, 2.75) is 19.4 Å². The number of hydrogen-bond acceptors (Lipinski definition) is 5. The van der Waals surface area contributed by atoms with Crippen molar-refractivity contribution < 1.29 is 23.7 Å². The van der Waals surface area contributed by atoms with E-state index in [0.717, 1.165) is 5.56 Å². The number of nitrogens with one attached hydrogen (secondary N) is 2. The van der Waals surface area contributed by atoms with Gasteiger partial charge in [-0.3, -0.25) is 0 Å². The van der Waals surface area contributed by atoms with Gasteiger partial charge in [0.1, 0.15) is 0 Å². The standard InChI is InChI=1S/C18H18N2O5/c1-18(2,11-3-5-13-15(7-11)24-9-22-13)20-17(21)19-12-4-6-14-16(8-12)25-10-23-14/h3-8H,9-10H2,1-2H3,(H2,19,20,21). The van der Waals surface area contributed by atoms with E-state index in [1.807, 2.05) is 32.0 Å². The zero-order valence-corrected chi connectivity index (χ0v) is 13.9. The quantitative estimate of drug-likeness (QED) is 0.896. The van der Waals surface area contributed by atoms with Crippen molar-refractivity contribution in [2.24, 2.45) is 0 Å². The molecular weight excluding hydrogens is 324 g/mol. The minimum atomic E-state index is -0.596. The molecule has 130 valence electrons. The summed E-state index contributed by atoms with van der Waals surface area (Å²) in [6.07, 6.45) is 0. The second-order valence-corrected chi connectivity index (χ2v) is 6.34. The number of ether oxygens (including phenoxy) is 4. The summed E-state index contributed by atoms with van der Waals surface area (Å²) in [6, 6.07) is 10.6. The molecule has 4 rings (SSSR count). The van der Waals surface area contributed by atoms with E-state index in [1.165, 1.54) is 0 Å². The largest absolute Gasteiger partial charge is 0.454 e. The Morgan fingerprint density at radius 2 is 1.48 bits per heavy atom. The molecule has 2 aliphatic heterocycles. The Balaban J connectivity index is 1.46. The maximum absolute atomic E-state index is 12.4. The molecule has 0 aliphatic carbocycles. The average Bonchev–Trinajstić information content (AvgIpc) is 3.21. The van der Waals surface area contributed by atoms with Crippen LogP contribution < -0.4 is 29.6 Å². The van der Waals surface area contributed by atoms with Crippen molar-refractivity contribution in [1.29, 1.82) is 0 Å². The Kier molecular flexibility index (Phi) is 3.56. The van der Waals surface area contributed by atoms with Gasteiger partial charge in [0.25, 0.3) is 0 Å². The first kappa shape index (κ1) is 15.4. The highest BCUT2D eigenvalue weighted by Crippen LogP contribution is 2.36. The Labute approximate surface area is 144 Å². The van der Waals surface area contributed by atoms with Gasteiger partial charge in [0, 0.05) is 11.8 Å². The first-order valence-corrected chi connectivity index (χ1v) is 7.90. The van der Waals surface area contributed by atoms with Crippen molar-refractivity contribution in [2.75, 3.05) is 18.9 Å². The highest BCUT2D eigenvalue weighted by Gasteiger charge is 2.26. The number of carbonyl (C=O) groups is 1. The number of urea groups is 1. The van der Waals surface area contributed by atoms with Crippen LogP contribution in [0.15, 0.2) is 36.4 Å². The van der Waals surface area contributed by atoms with Gasteiger partial charge in [-0.2, -0.15) is 0 Å². The van der Waals surface area contributed by atoms with Crippen LogP contribution in [0.3, 0.4) is 0 Å². The van der Waals surface area contributed by atoms with Crippen molar-refractivity contribution >= 4 is 11.7 Å². The Bertz CT molecular complexity index is 834. The van der Waals surface area contributed by atoms with Gasteiger partial charge in [-0.1, -0.05) is 6.07 Å². The third-order valence-electron chi connectivity index (χ3n) is 4.15. The molecule has 0 spiro atoms. The van der Waals surface area contributed by atoms with E-state index in [0.29, 0.717) is 28.7 Å². The number of amides is 2. The van der Waals surface area contributed by atoms with Crippen LogP contribution in [0.25, 0.3) is 0 Å². The van der Waals surface area contributed by atoms with Gasteiger partial charge in [0.15, 0.2) is 23.0 Å². The minimum absolute atomic E-state index is 0.197. The summed E-state index contributed by atoms with van der Waals surface area (Å²) in [7, 11) is 0. The lowest BCUT2D eigenvalue weighted by atomic mass is 9.94. The monoisotopic (exact) mass is 342 g/mol. The lowest BCUT2D eigenvalue weighted by Crippen LogP contribution is -2.43. The van der Waals surface area contributed by atoms with Crippen molar-refractivity contribution in [3.63, 3.8) is 0 Å². The van der Waals surface area contributed by atoms with Gasteiger partial charge in [0.05, 0.1) is 5.54 Å². The summed E-state index contributed by atoms with van der Waals surface area (Å²) in [6.45, 7) is 4.26. The van der Waals surface area contributed by atoms with Gasteiger partial charge in [-0.15, -0.1) is 0 Å². The molecule has 0 unspecified atom stereocenters. The molecule has 0 fully saturated rings. The fourth-order valence-corrected chi connectivity index (χ4v) is 2.78. The van der Waals surface area contributed by atoms with Crippen LogP contribution in [0.4, 0.5) is 10.5 Å². The van der Waals surface area contributed by atoms with Crippen LogP contribution >= 0.6 is 0 Å². The minimum Gasteiger partial charge on any atom is -0.454 e. The number of hydrogen-bond donors (Lipinski definition) is 2. The smallest absolute Gasteiger partial charge is 0.319 e. The van der Waals surface area contributed by atoms with E-state index in [2.05, 4.69) is 10.6 Å². The van der Waals surface area contributed by atoms with E-state index >= 15 is 0 Å². The van der Waals surface area contributed by atoms with Crippen LogP contribution in [-0.4, -0.2) is 19.6 Å². The van der Waals surface area contributed by atoms with E-state index in [-0.39, 0.29) is 19.6 Å². The summed E-state index contributed by atoms with van der Waals surface area (Å²) in [5.74, 6) is 2.69. The van der Waals surface area contributed by atoms with E-state index < -0.39 is 5.54 Å². The van der Waals surface area contributed by atoms with E-state index in [4.69, 9.17) is 18.9 Å². The first-order valence-electron chi connectivity index (χ1n) is 7.90. The molecule has 25 heavy (non-hydrogen) atoms. The second-order valence-electron chi connectivity index (χ2n) is 6.34. The maximum atomic E-state index is 12.4. The molecule has 2 aromatic carbocycles.